The number of benzene rings is 1. The predicted octanol–water partition coefficient (Wildman–Crippen LogP) is 0.125. The van der Waals surface area contributed by atoms with Crippen molar-refractivity contribution in [3.8, 4) is 5.75 Å². The number of nitrogens with zero attached hydrogens (tertiary/aromatic N) is 1. The van der Waals surface area contributed by atoms with Gasteiger partial charge in [0.05, 0.1) is 12.3 Å². The van der Waals surface area contributed by atoms with E-state index in [-0.39, 0.29) is 19.1 Å². The van der Waals surface area contributed by atoms with Gasteiger partial charge >= 0.3 is 11.9 Å². The lowest BCUT2D eigenvalue weighted by molar-refractivity contribution is -0.144. The topological polar surface area (TPSA) is 131 Å². The Labute approximate surface area is 157 Å². The molecule has 1 unspecified atom stereocenters. The van der Waals surface area contributed by atoms with Crippen LogP contribution in [0, 0.1) is 0 Å². The Bertz CT molecular complexity index is 681. The summed E-state index contributed by atoms with van der Waals surface area (Å²) in [6.07, 6.45) is 0.961. The summed E-state index contributed by atoms with van der Waals surface area (Å²) in [7, 11) is 0. The molecule has 1 aromatic carbocycles. The number of aliphatic carboxylic acids is 1. The first-order valence-corrected chi connectivity index (χ1v) is 8.84. The Hall–Kier alpha value is -2.65. The van der Waals surface area contributed by atoms with Crippen LogP contribution in [-0.2, 0) is 19.1 Å². The Morgan fingerprint density at radius 2 is 2.19 bits per heavy atom. The molecule has 1 aromatic rings. The van der Waals surface area contributed by atoms with E-state index in [4.69, 9.17) is 20.3 Å². The number of fused-ring (bicyclic) bond motifs is 1. The van der Waals surface area contributed by atoms with Crippen molar-refractivity contribution in [2.24, 2.45) is 5.73 Å². The average molecular weight is 379 g/mol. The molecule has 0 spiro atoms. The van der Waals surface area contributed by atoms with Gasteiger partial charge in [0, 0.05) is 0 Å². The van der Waals surface area contributed by atoms with E-state index in [1.165, 1.54) is 4.90 Å². The molecule has 2 atom stereocenters. The summed E-state index contributed by atoms with van der Waals surface area (Å²) in [6.45, 7) is 2.04. The van der Waals surface area contributed by atoms with Crippen molar-refractivity contribution in [1.82, 2.24) is 5.32 Å². The van der Waals surface area contributed by atoms with E-state index in [0.717, 1.165) is 0 Å². The molecule has 0 fully saturated rings. The fourth-order valence-electron chi connectivity index (χ4n) is 2.76. The molecule has 0 aromatic heterocycles. The van der Waals surface area contributed by atoms with Crippen LogP contribution in [0.25, 0.3) is 0 Å². The molecule has 0 bridgehead atoms. The largest absolute Gasteiger partial charge is 0.489 e. The number of esters is 1. The molecule has 0 saturated carbocycles. The Balaban J connectivity index is 1.95. The molecule has 27 heavy (non-hydrogen) atoms. The molecule has 148 valence electrons. The second-order valence-electron chi connectivity index (χ2n) is 6.10. The fraction of sp³-hybridized carbons (Fsp3) is 0.500. The fourth-order valence-corrected chi connectivity index (χ4v) is 2.76. The Kier molecular flexibility index (Phi) is 7.56. The van der Waals surface area contributed by atoms with Crippen LogP contribution < -0.4 is 20.7 Å². The molecule has 2 rings (SSSR count). The predicted molar refractivity (Wildman–Crippen MR) is 97.6 cm³/mol. The van der Waals surface area contributed by atoms with Gasteiger partial charge in [-0.05, 0) is 38.4 Å². The molecule has 1 aliphatic heterocycles. The number of hydrogen-bond acceptors (Lipinski definition) is 7. The zero-order valence-corrected chi connectivity index (χ0v) is 15.2. The van der Waals surface area contributed by atoms with Crippen molar-refractivity contribution in [3.63, 3.8) is 0 Å². The molecule has 0 saturated heterocycles. The molecule has 1 amide bonds. The third-order valence-electron chi connectivity index (χ3n) is 4.09. The van der Waals surface area contributed by atoms with E-state index in [2.05, 4.69) is 5.32 Å². The molecule has 1 aliphatic rings. The highest BCUT2D eigenvalue weighted by molar-refractivity contribution is 6.02. The second-order valence-corrected chi connectivity index (χ2v) is 6.10. The maximum atomic E-state index is 12.8. The molecule has 0 radical (unpaired) electrons. The quantitative estimate of drug-likeness (QED) is 0.407. The number of hydrogen-bond donors (Lipinski definition) is 3. The number of anilines is 1. The van der Waals surface area contributed by atoms with E-state index in [1.54, 1.807) is 31.2 Å². The van der Waals surface area contributed by atoms with Gasteiger partial charge in [0.25, 0.3) is 0 Å². The van der Waals surface area contributed by atoms with E-state index in [9.17, 15) is 14.4 Å². The van der Waals surface area contributed by atoms with Gasteiger partial charge in [0.1, 0.15) is 31.0 Å². The van der Waals surface area contributed by atoms with Crippen LogP contribution in [0.5, 0.6) is 5.75 Å². The Morgan fingerprint density at radius 1 is 1.44 bits per heavy atom. The van der Waals surface area contributed by atoms with Gasteiger partial charge in [-0.2, -0.15) is 0 Å². The number of para-hydroxylation sites is 2. The number of nitrogens with two attached hydrogens (primary N) is 1. The minimum Gasteiger partial charge on any atom is -0.489 e. The lowest BCUT2D eigenvalue weighted by atomic mass is 10.1. The van der Waals surface area contributed by atoms with Gasteiger partial charge in [0.15, 0.2) is 0 Å². The summed E-state index contributed by atoms with van der Waals surface area (Å²) in [6, 6.07) is 5.41. The van der Waals surface area contributed by atoms with Crippen LogP contribution >= 0.6 is 0 Å². The maximum absolute atomic E-state index is 12.8. The summed E-state index contributed by atoms with van der Waals surface area (Å²) in [5.41, 5.74) is 6.17. The first kappa shape index (κ1) is 20.7. The van der Waals surface area contributed by atoms with Gasteiger partial charge in [-0.3, -0.25) is 19.3 Å². The van der Waals surface area contributed by atoms with Crippen LogP contribution in [0.15, 0.2) is 24.3 Å². The monoisotopic (exact) mass is 379 g/mol. The first-order chi connectivity index (χ1) is 12.9. The maximum Gasteiger partial charge on any atom is 0.323 e. The highest BCUT2D eigenvalue weighted by Crippen LogP contribution is 2.30. The number of carboxylic acid groups (broad SMARTS) is 1. The molecule has 9 nitrogen and oxygen atoms in total. The van der Waals surface area contributed by atoms with Crippen molar-refractivity contribution in [2.45, 2.75) is 31.8 Å². The molecule has 0 aliphatic carbocycles. The smallest absolute Gasteiger partial charge is 0.323 e. The average Bonchev–Trinajstić information content (AvgIpc) is 2.76. The summed E-state index contributed by atoms with van der Waals surface area (Å²) < 4.78 is 10.5. The molecule has 4 N–H and O–H groups in total. The zero-order valence-electron chi connectivity index (χ0n) is 15.2. The number of rotatable bonds is 9. The van der Waals surface area contributed by atoms with Gasteiger partial charge < -0.3 is 25.6 Å². The standard InChI is InChI=1S/C18H25N3O6/c1-2-26-18(25)12(19)6-5-9-20-13-11-27-15-8-4-3-7-14(15)21(17(13)24)10-16(22)23/h3-4,7-8,12-13,20H,2,5-6,9-11,19H2,1H3,(H,22,23)/t12?,13-/m0/s1. The number of carbonyl (C=O) groups is 3. The summed E-state index contributed by atoms with van der Waals surface area (Å²) in [5, 5.41) is 12.2. The summed E-state index contributed by atoms with van der Waals surface area (Å²) >= 11 is 0. The van der Waals surface area contributed by atoms with Gasteiger partial charge in [-0.25, -0.2) is 0 Å². The Morgan fingerprint density at radius 3 is 2.89 bits per heavy atom. The number of amides is 1. The van der Waals surface area contributed by atoms with Crippen LogP contribution in [0.1, 0.15) is 19.8 Å². The van der Waals surface area contributed by atoms with Crippen molar-refractivity contribution in [2.75, 3.05) is 31.2 Å². The van der Waals surface area contributed by atoms with Crippen molar-refractivity contribution in [3.05, 3.63) is 24.3 Å². The van der Waals surface area contributed by atoms with Crippen molar-refractivity contribution < 1.29 is 29.0 Å². The normalized spacial score (nSPS) is 17.5. The summed E-state index contributed by atoms with van der Waals surface area (Å²) in [5.74, 6) is -1.48. The van der Waals surface area contributed by atoms with E-state index in [0.29, 0.717) is 30.8 Å². The zero-order chi connectivity index (χ0) is 19.8. The molecule has 1 heterocycles. The minimum absolute atomic E-state index is 0.0793. The minimum atomic E-state index is -1.11. The van der Waals surface area contributed by atoms with Crippen LogP contribution in [0.4, 0.5) is 5.69 Å². The first-order valence-electron chi connectivity index (χ1n) is 8.84. The van der Waals surface area contributed by atoms with Gasteiger partial charge in [0.2, 0.25) is 5.91 Å². The summed E-state index contributed by atoms with van der Waals surface area (Å²) in [4.78, 5) is 36.7. The number of nitrogens with one attached hydrogen (secondary N) is 1. The number of ether oxygens (including phenoxy) is 2. The van der Waals surface area contributed by atoms with Gasteiger partial charge in [-0.15, -0.1) is 0 Å². The van der Waals surface area contributed by atoms with Crippen molar-refractivity contribution >= 4 is 23.5 Å². The van der Waals surface area contributed by atoms with Gasteiger partial charge in [-0.1, -0.05) is 12.1 Å². The third kappa shape index (κ3) is 5.66. The van der Waals surface area contributed by atoms with E-state index in [1.807, 2.05) is 0 Å². The van der Waals surface area contributed by atoms with E-state index < -0.39 is 30.6 Å². The highest BCUT2D eigenvalue weighted by atomic mass is 16.5. The number of carboxylic acids is 1. The third-order valence-corrected chi connectivity index (χ3v) is 4.09. The molecular weight excluding hydrogens is 354 g/mol. The van der Waals surface area contributed by atoms with Crippen molar-refractivity contribution in [1.29, 1.82) is 0 Å². The lowest BCUT2D eigenvalue weighted by Gasteiger charge is -2.23. The van der Waals surface area contributed by atoms with E-state index >= 15 is 0 Å². The SMILES string of the molecule is CCOC(=O)C(N)CCCN[C@H]1COc2ccccc2N(CC(=O)O)C1=O. The van der Waals surface area contributed by atoms with Crippen LogP contribution in [0.2, 0.25) is 0 Å². The van der Waals surface area contributed by atoms with Crippen LogP contribution in [0.3, 0.4) is 0 Å². The molecule has 9 heteroatoms. The number of carbonyl (C=O) groups excluding carboxylic acids is 2. The second kappa shape index (κ2) is 9.89. The van der Waals surface area contributed by atoms with Crippen LogP contribution in [-0.4, -0.2) is 61.3 Å². The highest BCUT2D eigenvalue weighted by Gasteiger charge is 2.32. The molecular formula is C18H25N3O6. The lowest BCUT2D eigenvalue weighted by Crippen LogP contribution is -2.50.